The number of aromatic nitrogens is 5. The van der Waals surface area contributed by atoms with Crippen LogP contribution in [0.1, 0.15) is 34.4 Å². The Labute approximate surface area is 157 Å². The molecule has 4 aromatic rings. The van der Waals surface area contributed by atoms with Gasteiger partial charge in [-0.15, -0.1) is 0 Å². The highest BCUT2D eigenvalue weighted by molar-refractivity contribution is 5.42. The molecule has 0 spiro atoms. The van der Waals surface area contributed by atoms with E-state index in [0.29, 0.717) is 0 Å². The summed E-state index contributed by atoms with van der Waals surface area (Å²) in [6, 6.07) is 12.9. The molecule has 6 nitrogen and oxygen atoms in total. The molecule has 1 aliphatic heterocycles. The fourth-order valence-electron chi connectivity index (χ4n) is 4.08. The van der Waals surface area contributed by atoms with Crippen molar-refractivity contribution in [2.75, 3.05) is 6.54 Å². The van der Waals surface area contributed by atoms with E-state index < -0.39 is 0 Å². The molecule has 1 aromatic carbocycles. The summed E-state index contributed by atoms with van der Waals surface area (Å²) in [4.78, 5) is 17.9. The molecule has 1 unspecified atom stereocenters. The third-order valence-electron chi connectivity index (χ3n) is 5.41. The van der Waals surface area contributed by atoms with Gasteiger partial charge < -0.3 is 14.5 Å². The average molecular weight is 358 g/mol. The molecule has 0 saturated carbocycles. The predicted molar refractivity (Wildman–Crippen MR) is 104 cm³/mol. The number of benzene rings is 1. The number of H-pyrrole nitrogens is 2. The standard InChI is InChI=1S/C21H22N6/c1-15-5-2-3-7-19(15)27-9-4-6-16(27)12-26-10-8-17-20(25-14-24-17)21(26)18-11-22-13-23-18/h2-7,9,11,13-14,21H,8,10,12H2,1H3,(H,22,23)(H,24,25). The second-order valence-electron chi connectivity index (χ2n) is 7.05. The van der Waals surface area contributed by atoms with Crippen LogP contribution in [0, 0.1) is 6.92 Å². The summed E-state index contributed by atoms with van der Waals surface area (Å²) in [5.74, 6) is 0. The van der Waals surface area contributed by atoms with Crippen molar-refractivity contribution in [2.24, 2.45) is 0 Å². The lowest BCUT2D eigenvalue weighted by Crippen LogP contribution is -2.36. The molecular weight excluding hydrogens is 336 g/mol. The molecule has 0 amide bonds. The Morgan fingerprint density at radius 3 is 2.89 bits per heavy atom. The van der Waals surface area contributed by atoms with Crippen molar-refractivity contribution in [2.45, 2.75) is 25.9 Å². The van der Waals surface area contributed by atoms with E-state index in [2.05, 4.69) is 78.9 Å². The predicted octanol–water partition coefficient (Wildman–Crippen LogP) is 3.38. The number of hydrogen-bond donors (Lipinski definition) is 2. The van der Waals surface area contributed by atoms with Gasteiger partial charge in [-0.2, -0.15) is 0 Å². The smallest absolute Gasteiger partial charge is 0.0965 e. The van der Waals surface area contributed by atoms with E-state index in [4.69, 9.17) is 0 Å². The van der Waals surface area contributed by atoms with Gasteiger partial charge >= 0.3 is 0 Å². The Morgan fingerprint density at radius 2 is 2.04 bits per heavy atom. The van der Waals surface area contributed by atoms with Crippen LogP contribution >= 0.6 is 0 Å². The van der Waals surface area contributed by atoms with Crippen molar-refractivity contribution in [1.29, 1.82) is 0 Å². The van der Waals surface area contributed by atoms with Gasteiger partial charge in [0.1, 0.15) is 0 Å². The van der Waals surface area contributed by atoms with E-state index in [1.54, 1.807) is 12.7 Å². The normalized spacial score (nSPS) is 17.1. The Hall–Kier alpha value is -3.12. The molecule has 5 rings (SSSR count). The molecule has 0 aliphatic carbocycles. The van der Waals surface area contributed by atoms with Gasteiger partial charge in [0.25, 0.3) is 0 Å². The third-order valence-corrected chi connectivity index (χ3v) is 5.41. The first kappa shape index (κ1) is 16.1. The van der Waals surface area contributed by atoms with Crippen LogP contribution < -0.4 is 0 Å². The van der Waals surface area contributed by atoms with E-state index in [0.717, 1.165) is 30.9 Å². The average Bonchev–Trinajstić information content (AvgIpc) is 3.44. The highest BCUT2D eigenvalue weighted by Crippen LogP contribution is 2.33. The van der Waals surface area contributed by atoms with Gasteiger partial charge in [0.05, 0.1) is 30.1 Å². The second kappa shape index (κ2) is 6.55. The second-order valence-corrected chi connectivity index (χ2v) is 7.05. The maximum absolute atomic E-state index is 4.62. The number of imidazole rings is 2. The van der Waals surface area contributed by atoms with Gasteiger partial charge in [0, 0.05) is 49.0 Å². The van der Waals surface area contributed by atoms with Crippen molar-refractivity contribution < 1.29 is 0 Å². The first-order valence-electron chi connectivity index (χ1n) is 9.28. The van der Waals surface area contributed by atoms with Crippen LogP contribution in [0.3, 0.4) is 0 Å². The molecule has 136 valence electrons. The number of nitrogens with one attached hydrogen (secondary N) is 2. The quantitative estimate of drug-likeness (QED) is 0.588. The Morgan fingerprint density at radius 1 is 1.11 bits per heavy atom. The third kappa shape index (κ3) is 2.78. The van der Waals surface area contributed by atoms with E-state index in [1.165, 1.54) is 22.6 Å². The maximum atomic E-state index is 4.62. The SMILES string of the molecule is Cc1ccccc1-n1cccc1CN1CCc2[nH]cnc2C1c1cnc[nH]1. The van der Waals surface area contributed by atoms with Gasteiger partial charge in [0.2, 0.25) is 0 Å². The van der Waals surface area contributed by atoms with Crippen LogP contribution in [0.25, 0.3) is 5.69 Å². The number of fused-ring (bicyclic) bond motifs is 1. The molecule has 27 heavy (non-hydrogen) atoms. The van der Waals surface area contributed by atoms with Gasteiger partial charge in [-0.25, -0.2) is 9.97 Å². The summed E-state index contributed by atoms with van der Waals surface area (Å²) in [6.07, 6.45) is 8.57. The van der Waals surface area contributed by atoms with E-state index in [-0.39, 0.29) is 6.04 Å². The van der Waals surface area contributed by atoms with Gasteiger partial charge in [0.15, 0.2) is 0 Å². The van der Waals surface area contributed by atoms with Crippen LogP contribution in [-0.2, 0) is 13.0 Å². The summed E-state index contributed by atoms with van der Waals surface area (Å²) in [5.41, 5.74) is 7.17. The molecule has 4 heterocycles. The Balaban J connectivity index is 1.51. The molecule has 6 heteroatoms. The molecule has 2 N–H and O–H groups in total. The van der Waals surface area contributed by atoms with Crippen molar-refractivity contribution in [3.8, 4) is 5.69 Å². The summed E-state index contributed by atoms with van der Waals surface area (Å²) in [6.45, 7) is 3.97. The van der Waals surface area contributed by atoms with Crippen LogP contribution in [-0.4, -0.2) is 35.9 Å². The van der Waals surface area contributed by atoms with E-state index >= 15 is 0 Å². The first-order valence-corrected chi connectivity index (χ1v) is 9.28. The summed E-state index contributed by atoms with van der Waals surface area (Å²) >= 11 is 0. The lowest BCUT2D eigenvalue weighted by molar-refractivity contribution is 0.194. The number of aryl methyl sites for hydroxylation is 1. The van der Waals surface area contributed by atoms with Crippen molar-refractivity contribution >= 4 is 0 Å². The van der Waals surface area contributed by atoms with Gasteiger partial charge in [-0.05, 0) is 30.7 Å². The monoisotopic (exact) mass is 358 g/mol. The number of aromatic amines is 2. The van der Waals surface area contributed by atoms with Crippen LogP contribution in [0.2, 0.25) is 0 Å². The molecule has 1 aliphatic rings. The highest BCUT2D eigenvalue weighted by Gasteiger charge is 2.32. The Bertz CT molecular complexity index is 1040. The Kier molecular flexibility index (Phi) is 3.90. The fourth-order valence-corrected chi connectivity index (χ4v) is 4.08. The van der Waals surface area contributed by atoms with Crippen LogP contribution in [0.4, 0.5) is 0 Å². The number of rotatable bonds is 4. The van der Waals surface area contributed by atoms with Crippen LogP contribution in [0.15, 0.2) is 61.4 Å². The summed E-state index contributed by atoms with van der Waals surface area (Å²) in [5, 5.41) is 0. The van der Waals surface area contributed by atoms with E-state index in [1.807, 2.05) is 6.20 Å². The fraction of sp³-hybridized carbons (Fsp3) is 0.238. The largest absolute Gasteiger partial charge is 0.348 e. The molecule has 1 atom stereocenters. The zero-order valence-electron chi connectivity index (χ0n) is 15.3. The molecule has 0 bridgehead atoms. The molecule has 0 fully saturated rings. The van der Waals surface area contributed by atoms with Gasteiger partial charge in [-0.1, -0.05) is 18.2 Å². The lowest BCUT2D eigenvalue weighted by Gasteiger charge is -2.34. The minimum Gasteiger partial charge on any atom is -0.348 e. The van der Waals surface area contributed by atoms with Gasteiger partial charge in [-0.3, -0.25) is 4.90 Å². The van der Waals surface area contributed by atoms with Crippen molar-refractivity contribution in [3.63, 3.8) is 0 Å². The number of hydrogen-bond acceptors (Lipinski definition) is 3. The van der Waals surface area contributed by atoms with E-state index in [9.17, 15) is 0 Å². The molecular formula is C21H22N6. The number of para-hydroxylation sites is 1. The molecule has 0 radical (unpaired) electrons. The van der Waals surface area contributed by atoms with Crippen molar-refractivity contribution in [3.05, 3.63) is 89.8 Å². The van der Waals surface area contributed by atoms with Crippen molar-refractivity contribution in [1.82, 2.24) is 29.4 Å². The lowest BCUT2D eigenvalue weighted by atomic mass is 10.00. The zero-order valence-corrected chi connectivity index (χ0v) is 15.3. The summed E-state index contributed by atoms with van der Waals surface area (Å²) < 4.78 is 2.29. The minimum absolute atomic E-state index is 0.0859. The molecule has 3 aromatic heterocycles. The summed E-state index contributed by atoms with van der Waals surface area (Å²) in [7, 11) is 0. The topological polar surface area (TPSA) is 65.5 Å². The molecule has 0 saturated heterocycles. The zero-order chi connectivity index (χ0) is 18.2. The van der Waals surface area contributed by atoms with Crippen LogP contribution in [0.5, 0.6) is 0 Å². The number of nitrogens with zero attached hydrogens (tertiary/aromatic N) is 4. The first-order chi connectivity index (χ1) is 13.3. The maximum Gasteiger partial charge on any atom is 0.0965 e. The highest BCUT2D eigenvalue weighted by atomic mass is 15.2. The minimum atomic E-state index is 0.0859.